The molecule has 0 aromatic heterocycles. The number of hydrogen-bond donors (Lipinski definition) is 0. The third-order valence-corrected chi connectivity index (χ3v) is 6.03. The predicted octanol–water partition coefficient (Wildman–Crippen LogP) is 4.20. The van der Waals surface area contributed by atoms with E-state index in [1.54, 1.807) is 0 Å². The van der Waals surface area contributed by atoms with E-state index in [4.69, 9.17) is 9.57 Å². The highest BCUT2D eigenvalue weighted by Crippen LogP contribution is 2.60. The Morgan fingerprint density at radius 2 is 1.81 bits per heavy atom. The van der Waals surface area contributed by atoms with Gasteiger partial charge in [0.2, 0.25) is 0 Å². The second-order valence-electron chi connectivity index (χ2n) is 7.82. The largest absolute Gasteiger partial charge is 0.481 e. The lowest BCUT2D eigenvalue weighted by Crippen LogP contribution is -2.28. The van der Waals surface area contributed by atoms with Gasteiger partial charge in [-0.15, -0.1) is 0 Å². The molecule has 4 heteroatoms. The Hall–Kier alpha value is -2.33. The molecule has 0 N–H and O–H groups in total. The number of benzene rings is 2. The molecule has 0 spiro atoms. The number of fused-ring (bicyclic) bond motifs is 2. The van der Waals surface area contributed by atoms with Gasteiger partial charge in [0.15, 0.2) is 0 Å². The van der Waals surface area contributed by atoms with Crippen molar-refractivity contribution >= 4 is 5.71 Å². The van der Waals surface area contributed by atoms with Crippen LogP contribution in [0.4, 0.5) is 0 Å². The molecule has 5 rings (SSSR count). The van der Waals surface area contributed by atoms with Crippen molar-refractivity contribution < 1.29 is 9.57 Å². The van der Waals surface area contributed by atoms with Crippen LogP contribution in [0.3, 0.4) is 0 Å². The lowest BCUT2D eigenvalue weighted by Gasteiger charge is -2.27. The smallest absolute Gasteiger partial charge is 0.143 e. The van der Waals surface area contributed by atoms with Gasteiger partial charge in [0, 0.05) is 18.5 Å². The van der Waals surface area contributed by atoms with Gasteiger partial charge in [0.05, 0.1) is 11.6 Å². The van der Waals surface area contributed by atoms with Gasteiger partial charge in [-0.2, -0.15) is 0 Å². The van der Waals surface area contributed by atoms with Crippen LogP contribution in [0, 0.1) is 5.92 Å². The fourth-order valence-corrected chi connectivity index (χ4v) is 4.51. The summed E-state index contributed by atoms with van der Waals surface area (Å²) in [6, 6.07) is 18.7. The average molecular weight is 362 g/mol. The van der Waals surface area contributed by atoms with Gasteiger partial charge < -0.3 is 14.5 Å². The molecule has 0 amide bonds. The number of para-hydroxylation sites is 1. The summed E-state index contributed by atoms with van der Waals surface area (Å²) in [6.07, 6.45) is 4.66. The van der Waals surface area contributed by atoms with E-state index in [0.29, 0.717) is 6.61 Å². The molecule has 0 bridgehead atoms. The SMILES string of the molecule is c1ccc(C23CC2C(=NOCCCN2CCCC2)c2ccccc2O3)cc1. The highest BCUT2D eigenvalue weighted by atomic mass is 16.6. The zero-order valence-corrected chi connectivity index (χ0v) is 15.6. The second kappa shape index (κ2) is 7.01. The van der Waals surface area contributed by atoms with E-state index >= 15 is 0 Å². The summed E-state index contributed by atoms with van der Waals surface area (Å²) in [5.41, 5.74) is 3.08. The molecule has 2 atom stereocenters. The topological polar surface area (TPSA) is 34.1 Å². The Labute approximate surface area is 160 Å². The lowest BCUT2D eigenvalue weighted by atomic mass is 9.96. The molecule has 2 aromatic rings. The first-order valence-electron chi connectivity index (χ1n) is 10.1. The number of ether oxygens (including phenoxy) is 1. The Balaban J connectivity index is 1.32. The Kier molecular flexibility index (Phi) is 4.36. The molecule has 1 aliphatic carbocycles. The average Bonchev–Trinajstić information content (AvgIpc) is 3.22. The van der Waals surface area contributed by atoms with Crippen molar-refractivity contribution in [3.63, 3.8) is 0 Å². The molecule has 1 saturated carbocycles. The Morgan fingerprint density at radius 3 is 2.67 bits per heavy atom. The van der Waals surface area contributed by atoms with E-state index in [9.17, 15) is 0 Å². The van der Waals surface area contributed by atoms with Crippen molar-refractivity contribution in [2.24, 2.45) is 11.1 Å². The molecule has 2 aromatic carbocycles. The van der Waals surface area contributed by atoms with Gasteiger partial charge in [-0.3, -0.25) is 0 Å². The van der Waals surface area contributed by atoms with Crippen molar-refractivity contribution in [1.29, 1.82) is 0 Å². The second-order valence-corrected chi connectivity index (χ2v) is 7.82. The third-order valence-electron chi connectivity index (χ3n) is 6.03. The van der Waals surface area contributed by atoms with Crippen LogP contribution in [0.15, 0.2) is 59.8 Å². The van der Waals surface area contributed by atoms with Crippen molar-refractivity contribution in [1.82, 2.24) is 4.90 Å². The van der Waals surface area contributed by atoms with Crippen LogP contribution in [0.1, 0.15) is 36.8 Å². The lowest BCUT2D eigenvalue weighted by molar-refractivity contribution is 0.127. The van der Waals surface area contributed by atoms with Gasteiger partial charge in [-0.1, -0.05) is 47.6 Å². The monoisotopic (exact) mass is 362 g/mol. The zero-order chi connectivity index (χ0) is 18.1. The maximum atomic E-state index is 6.46. The Morgan fingerprint density at radius 1 is 1.04 bits per heavy atom. The summed E-state index contributed by atoms with van der Waals surface area (Å²) in [7, 11) is 0. The summed E-state index contributed by atoms with van der Waals surface area (Å²) in [4.78, 5) is 8.29. The summed E-state index contributed by atoms with van der Waals surface area (Å²) in [6.45, 7) is 4.26. The minimum absolute atomic E-state index is 0.270. The van der Waals surface area contributed by atoms with E-state index in [-0.39, 0.29) is 11.5 Å². The van der Waals surface area contributed by atoms with Crippen molar-refractivity contribution in [2.45, 2.75) is 31.3 Å². The molecule has 140 valence electrons. The standard InChI is InChI=1S/C23H26N2O2/c1-2-9-18(10-3-1)23-17-20(23)22(19-11-4-5-12-21(19)27-23)24-26-16-8-15-25-13-6-7-14-25/h1-5,9-12,20H,6-8,13-17H2. The van der Waals surface area contributed by atoms with E-state index < -0.39 is 0 Å². The first kappa shape index (κ1) is 16.8. The van der Waals surface area contributed by atoms with Gasteiger partial charge in [-0.25, -0.2) is 0 Å². The third kappa shape index (κ3) is 3.12. The first-order chi connectivity index (χ1) is 13.4. The summed E-state index contributed by atoms with van der Waals surface area (Å²) in [5, 5.41) is 4.60. The van der Waals surface area contributed by atoms with Crippen LogP contribution < -0.4 is 4.74 Å². The number of likely N-dealkylation sites (tertiary alicyclic amines) is 1. The van der Waals surface area contributed by atoms with E-state index in [0.717, 1.165) is 36.4 Å². The van der Waals surface area contributed by atoms with E-state index in [1.807, 2.05) is 24.3 Å². The fraction of sp³-hybridized carbons (Fsp3) is 0.435. The zero-order valence-electron chi connectivity index (χ0n) is 15.6. The number of hydrogen-bond acceptors (Lipinski definition) is 4. The molecule has 2 unspecified atom stereocenters. The number of rotatable bonds is 6. The number of oxime groups is 1. The predicted molar refractivity (Wildman–Crippen MR) is 106 cm³/mol. The first-order valence-corrected chi connectivity index (χ1v) is 10.1. The van der Waals surface area contributed by atoms with Gasteiger partial charge in [0.1, 0.15) is 18.0 Å². The van der Waals surface area contributed by atoms with Crippen LogP contribution in [0.25, 0.3) is 0 Å². The minimum atomic E-state index is -0.270. The van der Waals surface area contributed by atoms with E-state index in [1.165, 1.54) is 31.5 Å². The molecule has 2 aliphatic heterocycles. The molecule has 3 aliphatic rings. The number of nitrogens with zero attached hydrogens (tertiary/aromatic N) is 2. The van der Waals surface area contributed by atoms with Crippen LogP contribution in [-0.4, -0.2) is 36.9 Å². The van der Waals surface area contributed by atoms with Gasteiger partial charge in [0.25, 0.3) is 0 Å². The maximum absolute atomic E-state index is 6.46. The molecule has 2 fully saturated rings. The Bertz CT molecular complexity index is 829. The van der Waals surface area contributed by atoms with Crippen LogP contribution >= 0.6 is 0 Å². The highest BCUT2D eigenvalue weighted by Gasteiger charge is 2.64. The van der Waals surface area contributed by atoms with Crippen LogP contribution in [-0.2, 0) is 10.4 Å². The molecule has 0 radical (unpaired) electrons. The summed E-state index contributed by atoms with van der Waals surface area (Å²) in [5.74, 6) is 1.18. The molecule has 2 heterocycles. The molecule has 1 saturated heterocycles. The van der Waals surface area contributed by atoms with Crippen molar-refractivity contribution in [3.05, 3.63) is 65.7 Å². The molecular weight excluding hydrogens is 336 g/mol. The highest BCUT2D eigenvalue weighted by molar-refractivity contribution is 6.08. The molecule has 27 heavy (non-hydrogen) atoms. The minimum Gasteiger partial charge on any atom is -0.481 e. The van der Waals surface area contributed by atoms with Crippen molar-refractivity contribution in [3.8, 4) is 5.75 Å². The maximum Gasteiger partial charge on any atom is 0.143 e. The van der Waals surface area contributed by atoms with Gasteiger partial charge >= 0.3 is 0 Å². The van der Waals surface area contributed by atoms with Crippen LogP contribution in [0.2, 0.25) is 0 Å². The van der Waals surface area contributed by atoms with Gasteiger partial charge in [-0.05, 0) is 50.0 Å². The summed E-state index contributed by atoms with van der Waals surface area (Å²) >= 11 is 0. The quantitative estimate of drug-likeness (QED) is 0.570. The van der Waals surface area contributed by atoms with Crippen molar-refractivity contribution in [2.75, 3.05) is 26.2 Å². The normalized spacial score (nSPS) is 27.7. The van der Waals surface area contributed by atoms with E-state index in [2.05, 4.69) is 40.4 Å². The molecular formula is C23H26N2O2. The van der Waals surface area contributed by atoms with Crippen LogP contribution in [0.5, 0.6) is 5.75 Å². The fourth-order valence-electron chi connectivity index (χ4n) is 4.51. The molecule has 4 nitrogen and oxygen atoms in total. The summed E-state index contributed by atoms with van der Waals surface area (Å²) < 4.78 is 6.46.